The normalized spacial score (nSPS) is 17.6. The molecule has 3 nitrogen and oxygen atoms in total. The summed E-state index contributed by atoms with van der Waals surface area (Å²) < 4.78 is 18.5. The zero-order valence-electron chi connectivity index (χ0n) is 9.39. The largest absolute Gasteiger partial charge is 0.474 e. The number of hydrogen-bond acceptors (Lipinski definition) is 2. The van der Waals surface area contributed by atoms with E-state index in [1.165, 1.54) is 12.1 Å². The molecule has 4 heteroatoms. The third kappa shape index (κ3) is 1.82. The van der Waals surface area contributed by atoms with E-state index in [1.54, 1.807) is 24.3 Å². The Morgan fingerprint density at radius 3 is 2.56 bits per heavy atom. The molecule has 1 aliphatic rings. The molecule has 0 spiro atoms. The number of ether oxygens (including phenoxy) is 1. The van der Waals surface area contributed by atoms with Gasteiger partial charge >= 0.3 is 0 Å². The number of rotatable bonds is 1. The zero-order chi connectivity index (χ0) is 12.5. The van der Waals surface area contributed by atoms with Crippen LogP contribution < -0.4 is 10.1 Å². The monoisotopic (exact) mass is 243 g/mol. The molecule has 1 aliphatic heterocycles. The summed E-state index contributed by atoms with van der Waals surface area (Å²) in [6.07, 6.45) is -0.736. The van der Waals surface area contributed by atoms with E-state index in [2.05, 4.69) is 5.32 Å². The molecule has 1 heterocycles. The van der Waals surface area contributed by atoms with Gasteiger partial charge in [-0.15, -0.1) is 0 Å². The summed E-state index contributed by atoms with van der Waals surface area (Å²) in [7, 11) is 0. The van der Waals surface area contributed by atoms with Gasteiger partial charge in [-0.05, 0) is 24.3 Å². The minimum atomic E-state index is -0.736. The van der Waals surface area contributed by atoms with E-state index in [0.717, 1.165) is 0 Å². The van der Waals surface area contributed by atoms with E-state index >= 15 is 0 Å². The number of halogens is 1. The van der Waals surface area contributed by atoms with Crippen LogP contribution in [0.3, 0.4) is 0 Å². The number of anilines is 1. The number of carbonyl (C=O) groups excluding carboxylic acids is 1. The molecule has 90 valence electrons. The van der Waals surface area contributed by atoms with Gasteiger partial charge in [-0.3, -0.25) is 4.79 Å². The average molecular weight is 243 g/mol. The Morgan fingerprint density at radius 2 is 1.78 bits per heavy atom. The van der Waals surface area contributed by atoms with E-state index in [1.807, 2.05) is 12.1 Å². The summed E-state index contributed by atoms with van der Waals surface area (Å²) in [4.78, 5) is 11.9. The number of fused-ring (bicyclic) bond motifs is 1. The van der Waals surface area contributed by atoms with Gasteiger partial charge in [0, 0.05) is 5.56 Å². The van der Waals surface area contributed by atoms with Crippen LogP contribution in [0.4, 0.5) is 10.1 Å². The van der Waals surface area contributed by atoms with Crippen LogP contribution in [0.15, 0.2) is 48.5 Å². The molecule has 1 atom stereocenters. The van der Waals surface area contributed by atoms with Crippen LogP contribution in [0, 0.1) is 5.82 Å². The van der Waals surface area contributed by atoms with E-state index < -0.39 is 6.10 Å². The highest BCUT2D eigenvalue weighted by Crippen LogP contribution is 2.34. The second-order valence-electron chi connectivity index (χ2n) is 4.03. The van der Waals surface area contributed by atoms with Crippen molar-refractivity contribution in [3.8, 4) is 5.75 Å². The lowest BCUT2D eigenvalue weighted by Gasteiger charge is -2.25. The topological polar surface area (TPSA) is 38.3 Å². The summed E-state index contributed by atoms with van der Waals surface area (Å²) in [5.41, 5.74) is 1.28. The Hall–Kier alpha value is -2.36. The first-order valence-electron chi connectivity index (χ1n) is 5.56. The van der Waals surface area contributed by atoms with Gasteiger partial charge in [0.15, 0.2) is 0 Å². The van der Waals surface area contributed by atoms with Gasteiger partial charge in [0.2, 0.25) is 6.10 Å². The minimum absolute atomic E-state index is 0.250. The minimum Gasteiger partial charge on any atom is -0.474 e. The van der Waals surface area contributed by atoms with Gasteiger partial charge in [-0.1, -0.05) is 24.3 Å². The predicted octanol–water partition coefficient (Wildman–Crippen LogP) is 2.90. The molecule has 0 fully saturated rings. The summed E-state index contributed by atoms with van der Waals surface area (Å²) in [5, 5.41) is 2.77. The number of para-hydroxylation sites is 2. The summed E-state index contributed by atoms with van der Waals surface area (Å²) in [6, 6.07) is 12.9. The lowest BCUT2D eigenvalue weighted by atomic mass is 10.1. The van der Waals surface area contributed by atoms with Crippen molar-refractivity contribution in [2.24, 2.45) is 0 Å². The first-order chi connectivity index (χ1) is 8.74. The van der Waals surface area contributed by atoms with Gasteiger partial charge in [0.05, 0.1) is 5.69 Å². The molecule has 2 aromatic carbocycles. The molecule has 0 saturated carbocycles. The van der Waals surface area contributed by atoms with Crippen molar-refractivity contribution in [1.29, 1.82) is 0 Å². The summed E-state index contributed by atoms with van der Waals surface area (Å²) in [6.45, 7) is 0. The maximum Gasteiger partial charge on any atom is 0.270 e. The van der Waals surface area contributed by atoms with E-state index in [9.17, 15) is 9.18 Å². The third-order valence-electron chi connectivity index (χ3n) is 2.80. The molecule has 0 aliphatic carbocycles. The smallest absolute Gasteiger partial charge is 0.270 e. The lowest BCUT2D eigenvalue weighted by Crippen LogP contribution is -2.29. The molecule has 3 rings (SSSR count). The number of carbonyl (C=O) groups is 1. The number of nitrogens with one attached hydrogen (secondary N) is 1. The second-order valence-corrected chi connectivity index (χ2v) is 4.03. The Labute approximate surface area is 103 Å². The van der Waals surface area contributed by atoms with Crippen molar-refractivity contribution < 1.29 is 13.9 Å². The fourth-order valence-electron chi connectivity index (χ4n) is 1.91. The fourth-order valence-corrected chi connectivity index (χ4v) is 1.91. The first-order valence-corrected chi connectivity index (χ1v) is 5.56. The fraction of sp³-hybridized carbons (Fsp3) is 0.0714. The van der Waals surface area contributed by atoms with Crippen molar-refractivity contribution in [2.75, 3.05) is 5.32 Å². The third-order valence-corrected chi connectivity index (χ3v) is 2.80. The molecule has 0 saturated heterocycles. The van der Waals surface area contributed by atoms with Crippen molar-refractivity contribution in [2.45, 2.75) is 6.10 Å². The van der Waals surface area contributed by atoms with Crippen LogP contribution >= 0.6 is 0 Å². The van der Waals surface area contributed by atoms with Crippen LogP contribution in [0.2, 0.25) is 0 Å². The number of amides is 1. The summed E-state index contributed by atoms with van der Waals surface area (Å²) in [5.74, 6) is 0.0297. The molecule has 2 aromatic rings. The van der Waals surface area contributed by atoms with E-state index in [-0.39, 0.29) is 11.7 Å². The van der Waals surface area contributed by atoms with Crippen molar-refractivity contribution >= 4 is 11.6 Å². The molecule has 1 N–H and O–H groups in total. The van der Waals surface area contributed by atoms with Crippen molar-refractivity contribution in [3.63, 3.8) is 0 Å². The van der Waals surface area contributed by atoms with Gasteiger partial charge in [0.25, 0.3) is 5.91 Å². The standard InChI is InChI=1S/C14H10FNO2/c15-10-7-5-9(6-8-10)13-14(17)16-11-3-1-2-4-12(11)18-13/h1-8,13H,(H,16,17). The Kier molecular flexibility index (Phi) is 2.48. The van der Waals surface area contributed by atoms with Gasteiger partial charge in [0.1, 0.15) is 11.6 Å². The number of hydrogen-bond donors (Lipinski definition) is 1. The van der Waals surface area contributed by atoms with E-state index in [0.29, 0.717) is 17.0 Å². The van der Waals surface area contributed by atoms with Crippen molar-refractivity contribution in [1.82, 2.24) is 0 Å². The zero-order valence-corrected chi connectivity index (χ0v) is 9.39. The number of benzene rings is 2. The predicted molar refractivity (Wildman–Crippen MR) is 64.8 cm³/mol. The highest BCUT2D eigenvalue weighted by Gasteiger charge is 2.28. The van der Waals surface area contributed by atoms with Gasteiger partial charge in [-0.25, -0.2) is 4.39 Å². The molecule has 0 radical (unpaired) electrons. The molecular formula is C14H10FNO2. The highest BCUT2D eigenvalue weighted by atomic mass is 19.1. The molecule has 1 amide bonds. The maximum absolute atomic E-state index is 12.8. The maximum atomic E-state index is 12.8. The van der Waals surface area contributed by atoms with Gasteiger partial charge in [-0.2, -0.15) is 0 Å². The molecule has 0 bridgehead atoms. The Morgan fingerprint density at radius 1 is 1.06 bits per heavy atom. The van der Waals surface area contributed by atoms with Crippen LogP contribution in [0.25, 0.3) is 0 Å². The van der Waals surface area contributed by atoms with Crippen molar-refractivity contribution in [3.05, 3.63) is 59.9 Å². The van der Waals surface area contributed by atoms with Crippen LogP contribution in [-0.2, 0) is 4.79 Å². The quantitative estimate of drug-likeness (QED) is 0.836. The van der Waals surface area contributed by atoms with Crippen LogP contribution in [0.1, 0.15) is 11.7 Å². The average Bonchev–Trinajstić information content (AvgIpc) is 2.39. The molecule has 1 unspecified atom stereocenters. The lowest BCUT2D eigenvalue weighted by molar-refractivity contribution is -0.123. The molecular weight excluding hydrogens is 233 g/mol. The SMILES string of the molecule is O=C1Nc2ccccc2OC1c1ccc(F)cc1. The first kappa shape index (κ1) is 10.8. The van der Waals surface area contributed by atoms with Gasteiger partial charge < -0.3 is 10.1 Å². The Balaban J connectivity index is 1.95. The van der Waals surface area contributed by atoms with Crippen LogP contribution in [0.5, 0.6) is 5.75 Å². The second kappa shape index (κ2) is 4.14. The van der Waals surface area contributed by atoms with Crippen LogP contribution in [-0.4, -0.2) is 5.91 Å². The highest BCUT2D eigenvalue weighted by molar-refractivity contribution is 5.98. The van der Waals surface area contributed by atoms with E-state index in [4.69, 9.17) is 4.74 Å². The Bertz CT molecular complexity index is 595. The summed E-state index contributed by atoms with van der Waals surface area (Å²) >= 11 is 0. The molecule has 18 heavy (non-hydrogen) atoms. The molecule has 0 aromatic heterocycles.